The van der Waals surface area contributed by atoms with Crippen LogP contribution in [0.1, 0.15) is 133 Å². The van der Waals surface area contributed by atoms with Crippen molar-refractivity contribution in [2.45, 2.75) is 158 Å². The number of nitrogens with zero attached hydrogens (tertiary/aromatic N) is 2. The second-order valence-electron chi connectivity index (χ2n) is 21.1. The Labute approximate surface area is 329 Å². The number of likely N-dealkylation sites (tertiary alicyclic amines) is 2. The van der Waals surface area contributed by atoms with Crippen LogP contribution in [0.2, 0.25) is 0 Å². The maximum Gasteiger partial charge on any atom is 0.315 e. The first-order chi connectivity index (χ1) is 25.4. The monoisotopic (exact) mass is 767 g/mol. The fraction of sp³-hybridized carbons (Fsp3) is 0.814. The Balaban J connectivity index is 1.38. The van der Waals surface area contributed by atoms with Crippen LogP contribution in [-0.2, 0) is 24.0 Å². The van der Waals surface area contributed by atoms with Crippen molar-refractivity contribution in [3.05, 3.63) is 12.7 Å². The zero-order valence-electron chi connectivity index (χ0n) is 35.4. The van der Waals surface area contributed by atoms with Crippen molar-refractivity contribution >= 4 is 35.4 Å². The Hall–Kier alpha value is -3.44. The van der Waals surface area contributed by atoms with Crippen molar-refractivity contribution in [3.63, 3.8) is 0 Å². The van der Waals surface area contributed by atoms with Gasteiger partial charge in [0.05, 0.1) is 12.1 Å². The molecule has 2 spiro atoms. The Bertz CT molecular complexity index is 1550. The molecular formula is C43H70N6O6. The van der Waals surface area contributed by atoms with E-state index in [0.717, 1.165) is 44.9 Å². The molecule has 1 unspecified atom stereocenters. The predicted molar refractivity (Wildman–Crippen MR) is 212 cm³/mol. The lowest BCUT2D eigenvalue weighted by Crippen LogP contribution is -2.62. The third kappa shape index (κ3) is 8.20. The lowest BCUT2D eigenvalue weighted by Gasteiger charge is -2.41. The van der Waals surface area contributed by atoms with Crippen molar-refractivity contribution in [2.75, 3.05) is 26.2 Å². The van der Waals surface area contributed by atoms with E-state index in [1.54, 1.807) is 4.90 Å². The van der Waals surface area contributed by atoms with Gasteiger partial charge < -0.3 is 31.1 Å². The zero-order valence-corrected chi connectivity index (χ0v) is 35.4. The summed E-state index contributed by atoms with van der Waals surface area (Å²) in [6.45, 7) is 25.6. The highest BCUT2D eigenvalue weighted by Gasteiger charge is 2.85. The molecule has 4 N–H and O–H groups in total. The molecule has 55 heavy (non-hydrogen) atoms. The standard InChI is InChI=1S/C43H70N6O6/c1-12-20-44-35(53)32(51)28(22-27-15-13-16-27)45-34(52)29-23-43(41(10,11)42(43)17-14-18-42)26-49(29)36(54)33(39(5,6)7)47-37(55)46-30(38(2,3)4)25-48-21-19-40(8,9)24-31(48)50/h12,27-30,33H,1,13-26H2,2-11H3,(H,44,53)(H,45,52)(H2,46,47,55)/t28?,29-,30+,33+,43+/m0/s1. The van der Waals surface area contributed by atoms with Crippen LogP contribution in [0.5, 0.6) is 0 Å². The normalized spacial score (nSPS) is 26.9. The molecule has 308 valence electrons. The Morgan fingerprint density at radius 3 is 2.04 bits per heavy atom. The van der Waals surface area contributed by atoms with Crippen molar-refractivity contribution in [1.82, 2.24) is 31.1 Å². The molecule has 2 saturated heterocycles. The first-order valence-corrected chi connectivity index (χ1v) is 20.8. The molecule has 3 aliphatic carbocycles. The highest BCUT2D eigenvalue weighted by molar-refractivity contribution is 6.38. The summed E-state index contributed by atoms with van der Waals surface area (Å²) in [5, 5.41) is 11.7. The fourth-order valence-electron chi connectivity index (χ4n) is 10.3. The van der Waals surface area contributed by atoms with Gasteiger partial charge in [0.1, 0.15) is 12.1 Å². The molecule has 0 aromatic carbocycles. The van der Waals surface area contributed by atoms with Gasteiger partial charge in [-0.15, -0.1) is 6.58 Å². The van der Waals surface area contributed by atoms with Crippen LogP contribution in [0.25, 0.3) is 0 Å². The minimum absolute atomic E-state index is 0.0301. The average Bonchev–Trinajstić information content (AvgIpc) is 3.25. The minimum Gasteiger partial charge on any atom is -0.346 e. The Morgan fingerprint density at radius 1 is 0.891 bits per heavy atom. The molecule has 2 aliphatic heterocycles. The number of amides is 6. The lowest BCUT2D eigenvalue weighted by atomic mass is 9.73. The highest BCUT2D eigenvalue weighted by atomic mass is 16.2. The van der Waals surface area contributed by atoms with E-state index in [-0.39, 0.29) is 57.4 Å². The van der Waals surface area contributed by atoms with E-state index in [1.165, 1.54) is 6.08 Å². The summed E-state index contributed by atoms with van der Waals surface area (Å²) >= 11 is 0. The summed E-state index contributed by atoms with van der Waals surface area (Å²) in [7, 11) is 0. The molecule has 5 rings (SSSR count). The van der Waals surface area contributed by atoms with Crippen LogP contribution in [0, 0.1) is 38.4 Å². The number of hydrogen-bond acceptors (Lipinski definition) is 6. The van der Waals surface area contributed by atoms with Gasteiger partial charge in [-0.2, -0.15) is 0 Å². The average molecular weight is 767 g/mol. The molecule has 3 saturated carbocycles. The molecule has 0 aromatic rings. The number of fused-ring (bicyclic) bond motifs is 1. The summed E-state index contributed by atoms with van der Waals surface area (Å²) in [4.78, 5) is 86.3. The van der Waals surface area contributed by atoms with Crippen molar-refractivity contribution in [1.29, 1.82) is 0 Å². The van der Waals surface area contributed by atoms with Gasteiger partial charge in [-0.3, -0.25) is 24.0 Å². The highest BCUT2D eigenvalue weighted by Crippen LogP contribution is 2.88. The molecule has 12 heteroatoms. The SMILES string of the molecule is C=CCNC(=O)C(=O)C(CC1CCC1)NC(=O)[C@@H]1C[C@@]2(CN1C(=O)[C@@H](NC(=O)N[C@H](CN1CCC(C)(C)CC1=O)C(C)(C)C)C(C)(C)C)C(C)(C)C21CCC1. The van der Waals surface area contributed by atoms with Gasteiger partial charge >= 0.3 is 6.03 Å². The summed E-state index contributed by atoms with van der Waals surface area (Å²) in [5.74, 6) is -1.92. The van der Waals surface area contributed by atoms with Gasteiger partial charge in [-0.05, 0) is 65.1 Å². The number of rotatable bonds is 13. The fourth-order valence-corrected chi connectivity index (χ4v) is 10.3. The number of carbonyl (C=O) groups is 6. The minimum atomic E-state index is -1.00. The summed E-state index contributed by atoms with van der Waals surface area (Å²) in [6, 6.07) is -3.75. The van der Waals surface area contributed by atoms with Crippen molar-refractivity contribution in [3.8, 4) is 0 Å². The maximum absolute atomic E-state index is 15.0. The van der Waals surface area contributed by atoms with Crippen LogP contribution in [-0.4, -0.2) is 95.6 Å². The van der Waals surface area contributed by atoms with E-state index in [9.17, 15) is 28.8 Å². The number of carbonyl (C=O) groups excluding carboxylic acids is 6. The smallest absolute Gasteiger partial charge is 0.315 e. The summed E-state index contributed by atoms with van der Waals surface area (Å²) in [6.07, 6.45) is 9.77. The molecule has 12 nitrogen and oxygen atoms in total. The summed E-state index contributed by atoms with van der Waals surface area (Å²) < 4.78 is 0. The topological polar surface area (TPSA) is 157 Å². The number of nitrogens with one attached hydrogen (secondary N) is 4. The molecular weight excluding hydrogens is 697 g/mol. The number of hydrogen-bond donors (Lipinski definition) is 4. The van der Waals surface area contributed by atoms with Gasteiger partial charge in [-0.25, -0.2) is 4.79 Å². The third-order valence-corrected chi connectivity index (χ3v) is 14.6. The largest absolute Gasteiger partial charge is 0.346 e. The van der Waals surface area contributed by atoms with Crippen LogP contribution >= 0.6 is 0 Å². The molecule has 5 atom stereocenters. The molecule has 0 aromatic heterocycles. The number of Topliss-reactive ketones (excluding diaryl/α,β-unsaturated/α-hetero) is 1. The van der Waals surface area contributed by atoms with E-state index < -0.39 is 47.2 Å². The Kier molecular flexibility index (Phi) is 11.8. The van der Waals surface area contributed by atoms with Crippen molar-refractivity contribution < 1.29 is 28.8 Å². The second kappa shape index (κ2) is 15.1. The predicted octanol–water partition coefficient (Wildman–Crippen LogP) is 5.11. The number of urea groups is 1. The second-order valence-corrected chi connectivity index (χ2v) is 21.1. The van der Waals surface area contributed by atoms with Crippen LogP contribution in [0.3, 0.4) is 0 Å². The molecule has 5 fully saturated rings. The van der Waals surface area contributed by atoms with E-state index >= 15 is 0 Å². The molecule has 6 amide bonds. The van der Waals surface area contributed by atoms with E-state index in [0.29, 0.717) is 38.9 Å². The quantitative estimate of drug-likeness (QED) is 0.151. The third-order valence-electron chi connectivity index (χ3n) is 14.6. The first-order valence-electron chi connectivity index (χ1n) is 20.8. The molecule has 0 bridgehead atoms. The van der Waals surface area contributed by atoms with Crippen molar-refractivity contribution in [2.24, 2.45) is 38.4 Å². The van der Waals surface area contributed by atoms with E-state index in [1.807, 2.05) is 46.4 Å². The molecule has 2 heterocycles. The van der Waals surface area contributed by atoms with Gasteiger partial charge in [0, 0.05) is 38.0 Å². The van der Waals surface area contributed by atoms with E-state index in [2.05, 4.69) is 55.5 Å². The van der Waals surface area contributed by atoms with Crippen LogP contribution in [0.15, 0.2) is 12.7 Å². The van der Waals surface area contributed by atoms with Gasteiger partial charge in [-0.1, -0.05) is 101 Å². The van der Waals surface area contributed by atoms with Gasteiger partial charge in [0.15, 0.2) is 0 Å². The molecule has 0 radical (unpaired) electrons. The van der Waals surface area contributed by atoms with Crippen LogP contribution in [0.4, 0.5) is 4.79 Å². The zero-order chi connectivity index (χ0) is 40.9. The van der Waals surface area contributed by atoms with Crippen LogP contribution < -0.4 is 21.3 Å². The lowest BCUT2D eigenvalue weighted by molar-refractivity contribution is -0.144. The van der Waals surface area contributed by atoms with Gasteiger partial charge in [0.25, 0.3) is 5.91 Å². The summed E-state index contributed by atoms with van der Waals surface area (Å²) in [5.41, 5.74) is -1.51. The van der Waals surface area contributed by atoms with Gasteiger partial charge in [0.2, 0.25) is 23.5 Å². The first kappa shape index (κ1) is 42.7. The maximum atomic E-state index is 15.0. The number of ketones is 1. The number of piperidine rings is 1. The van der Waals surface area contributed by atoms with E-state index in [4.69, 9.17) is 0 Å². The molecule has 5 aliphatic rings. The Morgan fingerprint density at radius 2 is 1.55 bits per heavy atom.